The van der Waals surface area contributed by atoms with Crippen LogP contribution in [0.1, 0.15) is 19.4 Å². The number of sulfonamides is 1. The Morgan fingerprint density at radius 1 is 0.914 bits per heavy atom. The van der Waals surface area contributed by atoms with Crippen molar-refractivity contribution in [2.24, 2.45) is 0 Å². The Morgan fingerprint density at radius 2 is 1.26 bits per heavy atom. The molecule has 0 aliphatic rings. The van der Waals surface area contributed by atoms with Gasteiger partial charge in [0.25, 0.3) is 0 Å². The Balaban J connectivity index is -0.0000000757. The van der Waals surface area contributed by atoms with E-state index in [2.05, 4.69) is 58.3 Å². The van der Waals surface area contributed by atoms with Crippen molar-refractivity contribution in [2.75, 3.05) is 13.1 Å². The number of aliphatic hydroxyl groups is 1. The molecule has 0 aromatic heterocycles. The number of hydrogen-bond donors (Lipinski definition) is 1. The van der Waals surface area contributed by atoms with E-state index in [0.717, 1.165) is 5.56 Å². The minimum atomic E-state index is -3.62. The van der Waals surface area contributed by atoms with E-state index in [4.69, 9.17) is 27.9 Å². The van der Waals surface area contributed by atoms with E-state index in [9.17, 15) is 13.5 Å². The molecular weight excluding hydrogens is 572 g/mol. The summed E-state index contributed by atoms with van der Waals surface area (Å²) in [4.78, 5) is 0.222. The summed E-state index contributed by atoms with van der Waals surface area (Å²) in [7, 11) is -3.62. The van der Waals surface area contributed by atoms with E-state index >= 15 is 0 Å². The number of nitrogens with zero attached hydrogens (tertiary/aromatic N) is 1. The predicted octanol–water partition coefficient (Wildman–Crippen LogP) is 1.72. The van der Waals surface area contributed by atoms with Crippen LogP contribution in [0.5, 0.6) is 0 Å². The second kappa shape index (κ2) is 39.1. The van der Waals surface area contributed by atoms with Crippen molar-refractivity contribution in [3.05, 3.63) is 82.4 Å². The predicted molar refractivity (Wildman–Crippen MR) is 108 cm³/mol. The van der Waals surface area contributed by atoms with Gasteiger partial charge >= 0.3 is 67.8 Å². The summed E-state index contributed by atoms with van der Waals surface area (Å²) in [5.41, 5.74) is -0.154. The maximum absolute atomic E-state index is 12.5. The van der Waals surface area contributed by atoms with Crippen molar-refractivity contribution in [1.82, 2.24) is 4.31 Å². The number of aryl methyl sites for hydroxylation is 1. The van der Waals surface area contributed by atoms with Gasteiger partial charge in [-0.15, -0.1) is 6.58 Å². The Morgan fingerprint density at radius 3 is 1.54 bits per heavy atom. The summed E-state index contributed by atoms with van der Waals surface area (Å²) in [6.07, 6.45) is 1.51. The molecule has 10 nitrogen and oxygen atoms in total. The summed E-state index contributed by atoms with van der Waals surface area (Å²) in [5.74, 6) is 5.31. The molecule has 0 amide bonds. The zero-order valence-electron chi connectivity index (χ0n) is 18.7. The van der Waals surface area contributed by atoms with E-state index < -0.39 is 15.6 Å². The SMILES string of the molecule is C=CCN(CC#CC(C)(C)O)S(=O)(=O)c1ccc(C)cc1.[C-]#[O+].[C-]#[O+].[C-]#[O+].[C-]#[O+].[C-]#[O+].[C-]#[O+].[Co].[Co]. The molecule has 1 N–H and O–H groups in total. The van der Waals surface area contributed by atoms with Crippen LogP contribution in [0.3, 0.4) is 0 Å². The van der Waals surface area contributed by atoms with Gasteiger partial charge in [0.2, 0.25) is 10.0 Å². The summed E-state index contributed by atoms with van der Waals surface area (Å²) in [6.45, 7) is 35.7. The summed E-state index contributed by atoms with van der Waals surface area (Å²) >= 11 is 0. The summed E-state index contributed by atoms with van der Waals surface area (Å²) in [6, 6.07) is 6.65. The van der Waals surface area contributed by atoms with Gasteiger partial charge in [0.05, 0.1) is 11.4 Å². The molecule has 0 fully saturated rings. The van der Waals surface area contributed by atoms with Crippen LogP contribution in [-0.4, -0.2) is 36.5 Å². The van der Waals surface area contributed by atoms with E-state index in [1.807, 2.05) is 6.92 Å². The molecule has 0 aliphatic heterocycles. The van der Waals surface area contributed by atoms with Crippen LogP contribution in [0, 0.1) is 58.7 Å². The third kappa shape index (κ3) is 31.8. The van der Waals surface area contributed by atoms with Gasteiger partial charge in [-0.25, -0.2) is 8.42 Å². The van der Waals surface area contributed by atoms with E-state index in [-0.39, 0.29) is 51.5 Å². The molecule has 0 heterocycles. The smallest absolute Gasteiger partial charge is 0 e. The zero-order valence-corrected chi connectivity index (χ0v) is 21.6. The fourth-order valence-corrected chi connectivity index (χ4v) is 2.91. The van der Waals surface area contributed by atoms with Gasteiger partial charge in [-0.3, -0.25) is 0 Å². The molecule has 0 unspecified atom stereocenters. The van der Waals surface area contributed by atoms with Gasteiger partial charge in [-0.1, -0.05) is 35.6 Å². The van der Waals surface area contributed by atoms with Gasteiger partial charge in [0.15, 0.2) is 0 Å². The topological polar surface area (TPSA) is 177 Å². The van der Waals surface area contributed by atoms with Crippen molar-refractivity contribution < 1.29 is 75.0 Å². The first kappa shape index (κ1) is 54.0. The Hall–Kier alpha value is -2.16. The Bertz CT molecular complexity index is 867. The molecule has 0 atom stereocenters. The molecule has 1 aromatic carbocycles. The fraction of sp³-hybridized carbons (Fsp3) is 0.273. The molecule has 2 radical (unpaired) electrons. The monoisotopic (exact) mass is 593 g/mol. The first-order valence-corrected chi connectivity index (χ1v) is 9.23. The molecule has 0 aliphatic carbocycles. The van der Waals surface area contributed by atoms with Gasteiger partial charge in [0, 0.05) is 40.1 Å². The van der Waals surface area contributed by atoms with Crippen molar-refractivity contribution in [3.8, 4) is 11.8 Å². The molecule has 1 aromatic rings. The van der Waals surface area contributed by atoms with Crippen molar-refractivity contribution in [3.63, 3.8) is 0 Å². The zero-order chi connectivity index (χ0) is 28.1. The maximum atomic E-state index is 12.5. The number of hydrogen-bond acceptors (Lipinski definition) is 3. The van der Waals surface area contributed by atoms with Crippen LogP contribution in [0.2, 0.25) is 0 Å². The van der Waals surface area contributed by atoms with Gasteiger partial charge in [-0.05, 0) is 32.9 Å². The third-order valence-corrected chi connectivity index (χ3v) is 4.47. The van der Waals surface area contributed by atoms with E-state index in [0.29, 0.717) is 0 Å². The van der Waals surface area contributed by atoms with Crippen LogP contribution in [-0.2, 0) is 71.5 Å². The molecule has 192 valence electrons. The second-order valence-corrected chi connectivity index (χ2v) is 7.20. The first-order valence-electron chi connectivity index (χ1n) is 7.79. The fourth-order valence-electron chi connectivity index (χ4n) is 1.59. The van der Waals surface area contributed by atoms with Gasteiger partial charge in [-0.2, -0.15) is 4.31 Å². The average Bonchev–Trinajstić information content (AvgIpc) is 2.86. The van der Waals surface area contributed by atoms with Gasteiger partial charge in [0.1, 0.15) is 5.60 Å². The normalized spacial score (nSPS) is 7.46. The molecule has 0 saturated heterocycles. The molecule has 13 heteroatoms. The number of rotatable bonds is 5. The van der Waals surface area contributed by atoms with Crippen LogP contribution >= 0.6 is 0 Å². The maximum Gasteiger partial charge on any atom is 0 e. The van der Waals surface area contributed by atoms with Crippen LogP contribution in [0.4, 0.5) is 0 Å². The van der Waals surface area contributed by atoms with E-state index in [1.165, 1.54) is 10.4 Å². The Labute approximate surface area is 227 Å². The van der Waals surface area contributed by atoms with Crippen LogP contribution in [0.15, 0.2) is 41.8 Å². The first-order chi connectivity index (χ1) is 15.7. The molecule has 0 bridgehead atoms. The van der Waals surface area contributed by atoms with Crippen LogP contribution in [0.25, 0.3) is 0 Å². The standard InChI is InChI=1S/C16H21NO3S.6CO.2Co/c1-5-12-17(13-6-11-16(3,4)18)21(19,20)15-9-7-14(2)8-10-15;6*1-2;;/h5,7-10,18H,1,12-13H2,2-4H3;;;;;;;;. The van der Waals surface area contributed by atoms with E-state index in [1.54, 1.807) is 38.1 Å². The molecule has 35 heavy (non-hydrogen) atoms. The molecule has 0 saturated carbocycles. The quantitative estimate of drug-likeness (QED) is 0.237. The van der Waals surface area contributed by atoms with Crippen molar-refractivity contribution in [2.45, 2.75) is 31.3 Å². The van der Waals surface area contributed by atoms with Gasteiger partial charge < -0.3 is 5.11 Å². The second-order valence-electron chi connectivity index (χ2n) is 5.26. The summed E-state index contributed by atoms with van der Waals surface area (Å²) < 4.78 is 71.3. The summed E-state index contributed by atoms with van der Waals surface area (Å²) in [5, 5.41) is 9.55. The average molecular weight is 593 g/mol. The van der Waals surface area contributed by atoms with Crippen molar-refractivity contribution >= 4 is 10.0 Å². The largest absolute Gasteiger partial charge is 0 e. The molecule has 0 spiro atoms. The third-order valence-electron chi connectivity index (χ3n) is 2.64. The minimum absolute atomic E-state index is 0. The molecule has 1 rings (SSSR count). The van der Waals surface area contributed by atoms with Crippen molar-refractivity contribution in [1.29, 1.82) is 0 Å². The van der Waals surface area contributed by atoms with Crippen LogP contribution < -0.4 is 0 Å². The Kier molecular flexibility index (Phi) is 60.2. The number of benzene rings is 1. The molecular formula is C22H21Co2NO9S. The minimum Gasteiger partial charge on any atom is 0 e.